The van der Waals surface area contributed by atoms with E-state index in [0.29, 0.717) is 47.1 Å². The molecule has 1 aliphatic heterocycles. The first kappa shape index (κ1) is 23.6. The molecule has 0 aliphatic carbocycles. The Morgan fingerprint density at radius 1 is 1.16 bits per heavy atom. The molecule has 0 unspecified atom stereocenters. The van der Waals surface area contributed by atoms with E-state index in [-0.39, 0.29) is 24.7 Å². The maximum atomic E-state index is 13.2. The first-order chi connectivity index (χ1) is 15.2. The summed E-state index contributed by atoms with van der Waals surface area (Å²) >= 11 is 1.35. The van der Waals surface area contributed by atoms with Crippen molar-refractivity contribution >= 4 is 40.2 Å². The highest BCUT2D eigenvalue weighted by molar-refractivity contribution is 7.16. The van der Waals surface area contributed by atoms with Crippen LogP contribution in [0.2, 0.25) is 0 Å². The Balaban J connectivity index is 1.82. The Bertz CT molecular complexity index is 999. The lowest BCUT2D eigenvalue weighted by Gasteiger charge is -2.20. The average Bonchev–Trinajstić information content (AvgIpc) is 3.37. The minimum absolute atomic E-state index is 0.0238. The molecule has 2 aromatic rings. The van der Waals surface area contributed by atoms with Crippen molar-refractivity contribution in [2.24, 2.45) is 0 Å². The molecule has 0 saturated heterocycles. The average molecular weight is 461 g/mol. The first-order valence-electron chi connectivity index (χ1n) is 10.2. The maximum Gasteiger partial charge on any atom is 0.324 e. The van der Waals surface area contributed by atoms with Crippen LogP contribution in [-0.4, -0.2) is 56.6 Å². The summed E-state index contributed by atoms with van der Waals surface area (Å²) in [4.78, 5) is 39.4. The summed E-state index contributed by atoms with van der Waals surface area (Å²) in [7, 11) is 1.78. The van der Waals surface area contributed by atoms with Gasteiger partial charge in [0, 0.05) is 29.7 Å². The summed E-state index contributed by atoms with van der Waals surface area (Å²) in [5.41, 5.74) is 0.677. The van der Waals surface area contributed by atoms with Crippen LogP contribution in [0.3, 0.4) is 0 Å². The fourth-order valence-corrected chi connectivity index (χ4v) is 4.14. The van der Waals surface area contributed by atoms with E-state index < -0.39 is 6.03 Å². The van der Waals surface area contributed by atoms with Gasteiger partial charge in [0.1, 0.15) is 11.3 Å². The van der Waals surface area contributed by atoms with Gasteiger partial charge >= 0.3 is 6.03 Å². The van der Waals surface area contributed by atoms with Crippen LogP contribution in [0.4, 0.5) is 15.5 Å². The number of aldehydes is 1. The largest absolute Gasteiger partial charge is 0.454 e. The molecule has 172 valence electrons. The zero-order valence-electron chi connectivity index (χ0n) is 18.6. The molecule has 0 radical (unpaired) electrons. The molecule has 0 bridgehead atoms. The van der Waals surface area contributed by atoms with Gasteiger partial charge in [-0.15, -0.1) is 11.3 Å². The van der Waals surface area contributed by atoms with Crippen LogP contribution < -0.4 is 25.4 Å². The predicted octanol–water partition coefficient (Wildman–Crippen LogP) is 3.28. The molecule has 32 heavy (non-hydrogen) atoms. The minimum Gasteiger partial charge on any atom is -0.454 e. The number of thiophene rings is 1. The number of carbonyl (C=O) groups is 3. The minimum atomic E-state index is -0.489. The van der Waals surface area contributed by atoms with Gasteiger partial charge in [-0.25, -0.2) is 4.79 Å². The molecule has 0 fully saturated rings. The van der Waals surface area contributed by atoms with Crippen LogP contribution in [0.5, 0.6) is 11.5 Å². The Kier molecular flexibility index (Phi) is 7.37. The molecule has 0 saturated carbocycles. The van der Waals surface area contributed by atoms with E-state index in [0.717, 1.165) is 4.88 Å². The second-order valence-corrected chi connectivity index (χ2v) is 9.32. The summed E-state index contributed by atoms with van der Waals surface area (Å²) in [6.45, 7) is 7.15. The van der Waals surface area contributed by atoms with Crippen molar-refractivity contribution in [2.45, 2.75) is 26.2 Å². The van der Waals surface area contributed by atoms with Crippen LogP contribution >= 0.6 is 11.3 Å². The topological polar surface area (TPSA) is 109 Å². The molecular weight excluding hydrogens is 432 g/mol. The lowest BCUT2D eigenvalue weighted by atomic mass is 9.94. The molecular formula is C22H28N4O5S. The summed E-state index contributed by atoms with van der Waals surface area (Å²) in [5.74, 6) is 0.866. The van der Waals surface area contributed by atoms with E-state index in [4.69, 9.17) is 9.47 Å². The number of carbonyl (C=O) groups excluding carboxylic acids is 3. The number of urea groups is 1. The molecule has 3 rings (SSSR count). The highest BCUT2D eigenvalue weighted by Crippen LogP contribution is 2.37. The number of fused-ring (bicyclic) bond motifs is 1. The Morgan fingerprint density at radius 3 is 2.59 bits per heavy atom. The fourth-order valence-electron chi connectivity index (χ4n) is 3.03. The Labute approximate surface area is 191 Å². The standard InChI is InChI=1S/C22H28N4O5S/c1-22(2,3)18-12-15(20(28)26(9-10-27)8-7-23-4)19(32-18)25-21(29)24-14-5-6-16-17(11-14)31-13-30-16/h5-6,10-12,23H,7-9,13H2,1-4H3,(H2,24,25,29). The van der Waals surface area contributed by atoms with Gasteiger partial charge in [0.15, 0.2) is 11.5 Å². The molecule has 1 aromatic carbocycles. The second kappa shape index (κ2) is 10.0. The van der Waals surface area contributed by atoms with Crippen molar-refractivity contribution in [3.05, 3.63) is 34.7 Å². The van der Waals surface area contributed by atoms with Gasteiger partial charge < -0.3 is 29.8 Å². The quantitative estimate of drug-likeness (QED) is 0.522. The van der Waals surface area contributed by atoms with Gasteiger partial charge in [-0.05, 0) is 30.7 Å². The Morgan fingerprint density at radius 2 is 1.91 bits per heavy atom. The summed E-state index contributed by atoms with van der Waals surface area (Å²) in [5, 5.41) is 8.96. The van der Waals surface area contributed by atoms with Gasteiger partial charge in [0.05, 0.1) is 12.1 Å². The number of amides is 3. The highest BCUT2D eigenvalue weighted by Gasteiger charge is 2.26. The highest BCUT2D eigenvalue weighted by atomic mass is 32.1. The predicted molar refractivity (Wildman–Crippen MR) is 124 cm³/mol. The number of rotatable bonds is 8. The van der Waals surface area contributed by atoms with E-state index in [1.807, 2.05) is 20.8 Å². The van der Waals surface area contributed by atoms with Crippen molar-refractivity contribution < 1.29 is 23.9 Å². The van der Waals surface area contributed by atoms with Crippen molar-refractivity contribution in [2.75, 3.05) is 44.1 Å². The molecule has 2 heterocycles. The lowest BCUT2D eigenvalue weighted by molar-refractivity contribution is -0.108. The zero-order valence-corrected chi connectivity index (χ0v) is 19.4. The smallest absolute Gasteiger partial charge is 0.324 e. The van der Waals surface area contributed by atoms with Crippen molar-refractivity contribution in [3.8, 4) is 11.5 Å². The summed E-state index contributed by atoms with van der Waals surface area (Å²) in [6, 6.07) is 6.40. The van der Waals surface area contributed by atoms with Crippen molar-refractivity contribution in [1.82, 2.24) is 10.2 Å². The van der Waals surface area contributed by atoms with Crippen LogP contribution in [0.15, 0.2) is 24.3 Å². The third-order valence-electron chi connectivity index (χ3n) is 4.77. The normalized spacial score (nSPS) is 12.4. The number of likely N-dealkylation sites (N-methyl/N-ethyl adjacent to an activating group) is 1. The molecule has 0 spiro atoms. The van der Waals surface area contributed by atoms with Crippen LogP contribution in [-0.2, 0) is 10.2 Å². The van der Waals surface area contributed by atoms with Gasteiger partial charge in [-0.2, -0.15) is 0 Å². The van der Waals surface area contributed by atoms with E-state index in [1.165, 1.54) is 16.2 Å². The van der Waals surface area contributed by atoms with Crippen LogP contribution in [0.1, 0.15) is 36.0 Å². The molecule has 3 amide bonds. The van der Waals surface area contributed by atoms with Crippen LogP contribution in [0.25, 0.3) is 0 Å². The third-order valence-corrected chi connectivity index (χ3v) is 6.25. The second-order valence-electron chi connectivity index (χ2n) is 8.27. The SMILES string of the molecule is CNCCN(CC=O)C(=O)c1cc(C(C)(C)C)sc1NC(=O)Nc1ccc2c(c1)OCO2. The van der Waals surface area contributed by atoms with E-state index in [2.05, 4.69) is 16.0 Å². The molecule has 10 heteroatoms. The molecule has 1 aromatic heterocycles. The molecule has 3 N–H and O–H groups in total. The summed E-state index contributed by atoms with van der Waals surface area (Å²) in [6.07, 6.45) is 0.698. The monoisotopic (exact) mass is 460 g/mol. The number of anilines is 2. The van der Waals surface area contributed by atoms with Gasteiger partial charge in [-0.1, -0.05) is 20.8 Å². The van der Waals surface area contributed by atoms with E-state index in [1.54, 1.807) is 31.3 Å². The Hall–Kier alpha value is -3.11. The zero-order chi connectivity index (χ0) is 23.3. The number of nitrogens with one attached hydrogen (secondary N) is 3. The molecule has 9 nitrogen and oxygen atoms in total. The molecule has 1 aliphatic rings. The first-order valence-corrected chi connectivity index (χ1v) is 11.0. The van der Waals surface area contributed by atoms with Crippen molar-refractivity contribution in [3.63, 3.8) is 0 Å². The molecule has 0 atom stereocenters. The number of nitrogens with zero attached hydrogens (tertiary/aromatic N) is 1. The fraction of sp³-hybridized carbons (Fsp3) is 0.409. The lowest BCUT2D eigenvalue weighted by Crippen LogP contribution is -2.37. The van der Waals surface area contributed by atoms with Crippen LogP contribution in [0, 0.1) is 0 Å². The number of hydrogen-bond acceptors (Lipinski definition) is 7. The van der Waals surface area contributed by atoms with E-state index in [9.17, 15) is 14.4 Å². The van der Waals surface area contributed by atoms with E-state index >= 15 is 0 Å². The number of ether oxygens (including phenoxy) is 2. The van der Waals surface area contributed by atoms with Gasteiger partial charge in [0.2, 0.25) is 6.79 Å². The maximum absolute atomic E-state index is 13.2. The number of hydrogen-bond donors (Lipinski definition) is 3. The van der Waals surface area contributed by atoms with Crippen molar-refractivity contribution in [1.29, 1.82) is 0 Å². The third kappa shape index (κ3) is 5.57. The van der Waals surface area contributed by atoms with Gasteiger partial charge in [0.25, 0.3) is 5.91 Å². The van der Waals surface area contributed by atoms with Gasteiger partial charge in [-0.3, -0.25) is 10.1 Å². The number of benzene rings is 1. The summed E-state index contributed by atoms with van der Waals surface area (Å²) < 4.78 is 10.6.